The van der Waals surface area contributed by atoms with E-state index >= 15 is 0 Å². The van der Waals surface area contributed by atoms with Crippen LogP contribution >= 0.6 is 11.6 Å². The molecule has 0 spiro atoms. The molecule has 0 aromatic heterocycles. The van der Waals surface area contributed by atoms with Gasteiger partial charge in [0, 0.05) is 5.88 Å². The summed E-state index contributed by atoms with van der Waals surface area (Å²) in [6.07, 6.45) is 5.69. The molecule has 0 saturated carbocycles. The molecule has 1 aromatic rings. The van der Waals surface area contributed by atoms with E-state index in [2.05, 4.69) is 30.3 Å². The maximum Gasteiger partial charge on any atom is 0.0226 e. The van der Waals surface area contributed by atoms with Gasteiger partial charge in [-0.15, -0.1) is 11.6 Å². The fourth-order valence-electron chi connectivity index (χ4n) is 1.81. The molecular weight excluding hydrogens is 180 g/mol. The molecule has 0 heterocycles. The van der Waals surface area contributed by atoms with E-state index in [4.69, 9.17) is 11.6 Å². The first-order valence-electron chi connectivity index (χ1n) is 4.73. The smallest absolute Gasteiger partial charge is 0.0226 e. The number of allylic oxidation sites excluding steroid dienone is 1. The highest BCUT2D eigenvalue weighted by molar-refractivity contribution is 6.17. The second-order valence-corrected chi connectivity index (χ2v) is 3.85. The normalized spacial score (nSPS) is 14.1. The SMILES string of the molecule is ClCCCC1=Cc2ccccc2C1. The van der Waals surface area contributed by atoms with Crippen LogP contribution in [-0.4, -0.2) is 5.88 Å². The van der Waals surface area contributed by atoms with E-state index in [1.165, 1.54) is 16.7 Å². The predicted octanol–water partition coefficient (Wildman–Crippen LogP) is 3.65. The topological polar surface area (TPSA) is 0 Å². The Kier molecular flexibility index (Phi) is 2.70. The monoisotopic (exact) mass is 192 g/mol. The number of hydrogen-bond donors (Lipinski definition) is 0. The molecule has 68 valence electrons. The van der Waals surface area contributed by atoms with Crippen molar-refractivity contribution in [2.45, 2.75) is 19.3 Å². The Morgan fingerprint density at radius 3 is 2.85 bits per heavy atom. The van der Waals surface area contributed by atoms with Crippen LogP contribution in [0.5, 0.6) is 0 Å². The number of hydrogen-bond acceptors (Lipinski definition) is 0. The third kappa shape index (κ3) is 1.94. The Morgan fingerprint density at radius 1 is 1.23 bits per heavy atom. The van der Waals surface area contributed by atoms with Crippen LogP contribution in [-0.2, 0) is 6.42 Å². The van der Waals surface area contributed by atoms with Gasteiger partial charge in [0.15, 0.2) is 0 Å². The molecule has 0 N–H and O–H groups in total. The van der Waals surface area contributed by atoms with Gasteiger partial charge in [0.1, 0.15) is 0 Å². The lowest BCUT2D eigenvalue weighted by Gasteiger charge is -1.98. The van der Waals surface area contributed by atoms with E-state index in [0.717, 1.165) is 25.1 Å². The Morgan fingerprint density at radius 2 is 2.08 bits per heavy atom. The van der Waals surface area contributed by atoms with Gasteiger partial charge in [-0.25, -0.2) is 0 Å². The lowest BCUT2D eigenvalue weighted by molar-refractivity contribution is 0.892. The van der Waals surface area contributed by atoms with Crippen molar-refractivity contribution >= 4 is 17.7 Å². The molecule has 1 aliphatic rings. The van der Waals surface area contributed by atoms with Gasteiger partial charge in [-0.05, 0) is 30.4 Å². The Balaban J connectivity index is 2.08. The quantitative estimate of drug-likeness (QED) is 0.642. The molecule has 0 nitrogen and oxygen atoms in total. The second-order valence-electron chi connectivity index (χ2n) is 3.47. The van der Waals surface area contributed by atoms with Gasteiger partial charge < -0.3 is 0 Å². The summed E-state index contributed by atoms with van der Waals surface area (Å²) in [4.78, 5) is 0. The minimum atomic E-state index is 0.772. The van der Waals surface area contributed by atoms with Crippen LogP contribution in [0, 0.1) is 0 Å². The summed E-state index contributed by atoms with van der Waals surface area (Å²) in [6, 6.07) is 8.60. The Hall–Kier alpha value is -0.750. The first-order valence-corrected chi connectivity index (χ1v) is 5.27. The zero-order chi connectivity index (χ0) is 9.10. The average Bonchev–Trinajstić information content (AvgIpc) is 2.57. The lowest BCUT2D eigenvalue weighted by atomic mass is 10.1. The van der Waals surface area contributed by atoms with E-state index in [1.807, 2.05) is 0 Å². The third-order valence-electron chi connectivity index (χ3n) is 2.46. The summed E-state index contributed by atoms with van der Waals surface area (Å²) in [5.74, 6) is 0.772. The summed E-state index contributed by atoms with van der Waals surface area (Å²) in [5.41, 5.74) is 4.39. The minimum Gasteiger partial charge on any atom is -0.127 e. The summed E-state index contributed by atoms with van der Waals surface area (Å²) in [7, 11) is 0. The van der Waals surface area contributed by atoms with E-state index in [9.17, 15) is 0 Å². The molecule has 0 atom stereocenters. The van der Waals surface area contributed by atoms with Crippen molar-refractivity contribution in [3.63, 3.8) is 0 Å². The van der Waals surface area contributed by atoms with Gasteiger partial charge in [-0.3, -0.25) is 0 Å². The number of fused-ring (bicyclic) bond motifs is 1. The minimum absolute atomic E-state index is 0.772. The average molecular weight is 193 g/mol. The zero-order valence-electron chi connectivity index (χ0n) is 7.59. The molecular formula is C12H13Cl. The summed E-state index contributed by atoms with van der Waals surface area (Å²) in [5, 5.41) is 0. The number of alkyl halides is 1. The fraction of sp³-hybridized carbons (Fsp3) is 0.333. The van der Waals surface area contributed by atoms with Gasteiger partial charge in [-0.1, -0.05) is 35.9 Å². The van der Waals surface area contributed by atoms with Crippen LogP contribution in [0.4, 0.5) is 0 Å². The van der Waals surface area contributed by atoms with Gasteiger partial charge >= 0.3 is 0 Å². The largest absolute Gasteiger partial charge is 0.127 e. The third-order valence-corrected chi connectivity index (χ3v) is 2.73. The molecule has 0 saturated heterocycles. The molecule has 0 unspecified atom stereocenters. The molecule has 0 fully saturated rings. The van der Waals surface area contributed by atoms with E-state index in [0.29, 0.717) is 0 Å². The van der Waals surface area contributed by atoms with E-state index in [1.54, 1.807) is 0 Å². The predicted molar refractivity (Wildman–Crippen MR) is 58.1 cm³/mol. The molecule has 2 rings (SSSR count). The highest BCUT2D eigenvalue weighted by atomic mass is 35.5. The first-order chi connectivity index (χ1) is 6.40. The molecule has 0 bridgehead atoms. The Labute approximate surface area is 84.2 Å². The van der Waals surface area contributed by atoms with Crippen molar-refractivity contribution in [3.8, 4) is 0 Å². The molecule has 1 heteroatoms. The van der Waals surface area contributed by atoms with Crippen LogP contribution < -0.4 is 0 Å². The summed E-state index contributed by atoms with van der Waals surface area (Å²) >= 11 is 5.66. The van der Waals surface area contributed by atoms with Crippen LogP contribution in [0.15, 0.2) is 29.8 Å². The number of halogens is 1. The van der Waals surface area contributed by atoms with Gasteiger partial charge in [0.25, 0.3) is 0 Å². The van der Waals surface area contributed by atoms with Crippen molar-refractivity contribution in [2.24, 2.45) is 0 Å². The summed E-state index contributed by atoms with van der Waals surface area (Å²) < 4.78 is 0. The van der Waals surface area contributed by atoms with Crippen molar-refractivity contribution < 1.29 is 0 Å². The maximum atomic E-state index is 5.66. The second kappa shape index (κ2) is 3.97. The highest BCUT2D eigenvalue weighted by Crippen LogP contribution is 2.27. The molecule has 1 aromatic carbocycles. The molecule has 0 amide bonds. The lowest BCUT2D eigenvalue weighted by Crippen LogP contribution is -1.85. The molecule has 0 aliphatic heterocycles. The Bertz CT molecular complexity index is 326. The van der Waals surface area contributed by atoms with E-state index in [-0.39, 0.29) is 0 Å². The van der Waals surface area contributed by atoms with Crippen LogP contribution in [0.1, 0.15) is 24.0 Å². The fourth-order valence-corrected chi connectivity index (χ4v) is 1.94. The molecule has 1 aliphatic carbocycles. The van der Waals surface area contributed by atoms with Crippen molar-refractivity contribution in [1.29, 1.82) is 0 Å². The van der Waals surface area contributed by atoms with Crippen LogP contribution in [0.2, 0.25) is 0 Å². The molecule has 13 heavy (non-hydrogen) atoms. The number of rotatable bonds is 3. The van der Waals surface area contributed by atoms with Crippen molar-refractivity contribution in [1.82, 2.24) is 0 Å². The van der Waals surface area contributed by atoms with Crippen LogP contribution in [0.3, 0.4) is 0 Å². The van der Waals surface area contributed by atoms with Gasteiger partial charge in [-0.2, -0.15) is 0 Å². The van der Waals surface area contributed by atoms with Gasteiger partial charge in [0.2, 0.25) is 0 Å². The highest BCUT2D eigenvalue weighted by Gasteiger charge is 2.10. The van der Waals surface area contributed by atoms with Crippen LogP contribution in [0.25, 0.3) is 6.08 Å². The standard InChI is InChI=1S/C12H13Cl/c13-7-3-4-10-8-11-5-1-2-6-12(11)9-10/h1-2,5-6,8H,3-4,7,9H2. The number of benzene rings is 1. The van der Waals surface area contributed by atoms with Crippen molar-refractivity contribution in [3.05, 3.63) is 41.0 Å². The van der Waals surface area contributed by atoms with E-state index < -0.39 is 0 Å². The van der Waals surface area contributed by atoms with Gasteiger partial charge in [0.05, 0.1) is 0 Å². The molecule has 0 radical (unpaired) electrons. The summed E-state index contributed by atoms with van der Waals surface area (Å²) in [6.45, 7) is 0. The first kappa shape index (κ1) is 8.83. The maximum absolute atomic E-state index is 5.66. The van der Waals surface area contributed by atoms with Crippen molar-refractivity contribution in [2.75, 3.05) is 5.88 Å². The zero-order valence-corrected chi connectivity index (χ0v) is 8.35.